The van der Waals surface area contributed by atoms with E-state index >= 15 is 0 Å². The van der Waals surface area contributed by atoms with Crippen LogP contribution in [0.3, 0.4) is 0 Å². The van der Waals surface area contributed by atoms with Gasteiger partial charge in [0, 0.05) is 0 Å². The van der Waals surface area contributed by atoms with Crippen molar-refractivity contribution in [2.24, 2.45) is 17.3 Å². The highest BCUT2D eigenvalue weighted by atomic mass is 16.4. The van der Waals surface area contributed by atoms with E-state index < -0.39 is 5.97 Å². The quantitative estimate of drug-likeness (QED) is 0.589. The lowest BCUT2D eigenvalue weighted by Crippen LogP contribution is -2.14. The molecule has 108 valence electrons. The van der Waals surface area contributed by atoms with Crippen LogP contribution in [0.2, 0.25) is 0 Å². The van der Waals surface area contributed by atoms with Crippen LogP contribution >= 0.6 is 0 Å². The van der Waals surface area contributed by atoms with Gasteiger partial charge < -0.3 is 5.11 Å². The summed E-state index contributed by atoms with van der Waals surface area (Å²) in [6, 6.07) is 0. The Morgan fingerprint density at radius 2 is 1.61 bits per heavy atom. The molecule has 2 nitrogen and oxygen atoms in total. The number of hydrogen-bond acceptors (Lipinski definition) is 1. The van der Waals surface area contributed by atoms with Crippen LogP contribution in [0.25, 0.3) is 0 Å². The van der Waals surface area contributed by atoms with Crippen molar-refractivity contribution >= 4 is 5.97 Å². The third-order valence-corrected chi connectivity index (χ3v) is 4.16. The first-order valence-corrected chi connectivity index (χ1v) is 7.51. The van der Waals surface area contributed by atoms with Crippen molar-refractivity contribution < 1.29 is 9.90 Å². The number of rotatable bonds is 10. The van der Waals surface area contributed by atoms with Crippen molar-refractivity contribution in [3.8, 4) is 0 Å². The summed E-state index contributed by atoms with van der Waals surface area (Å²) in [5, 5.41) is 8.84. The number of aliphatic carboxylic acids is 1. The van der Waals surface area contributed by atoms with Crippen LogP contribution in [0.15, 0.2) is 0 Å². The van der Waals surface area contributed by atoms with Crippen molar-refractivity contribution in [3.63, 3.8) is 0 Å². The lowest BCUT2D eigenvalue weighted by atomic mass is 9.80. The number of carboxylic acid groups (broad SMARTS) is 1. The van der Waals surface area contributed by atoms with Crippen LogP contribution in [0.1, 0.15) is 79.6 Å². The lowest BCUT2D eigenvalue weighted by Gasteiger charge is -2.25. The average molecular weight is 256 g/mol. The molecule has 0 aromatic heterocycles. The molecule has 0 aliphatic heterocycles. The molecule has 0 spiro atoms. The van der Waals surface area contributed by atoms with Crippen molar-refractivity contribution in [3.05, 3.63) is 0 Å². The Hall–Kier alpha value is -0.530. The molecule has 0 aliphatic carbocycles. The summed E-state index contributed by atoms with van der Waals surface area (Å²) < 4.78 is 0. The summed E-state index contributed by atoms with van der Waals surface area (Å²) in [4.78, 5) is 10.7. The zero-order chi connectivity index (χ0) is 14.2. The highest BCUT2D eigenvalue weighted by Gasteiger charge is 2.19. The summed E-state index contributed by atoms with van der Waals surface area (Å²) in [6.07, 6.45) is 8.15. The summed E-state index contributed by atoms with van der Waals surface area (Å²) in [5.41, 5.74) is 0.367. The first-order chi connectivity index (χ1) is 8.28. The Morgan fingerprint density at radius 3 is 2.06 bits per heavy atom. The van der Waals surface area contributed by atoms with Crippen molar-refractivity contribution in [2.45, 2.75) is 79.6 Å². The van der Waals surface area contributed by atoms with E-state index in [9.17, 15) is 4.79 Å². The van der Waals surface area contributed by atoms with Gasteiger partial charge in [-0.05, 0) is 30.6 Å². The third-order valence-electron chi connectivity index (χ3n) is 4.16. The molecule has 0 aromatic rings. The van der Waals surface area contributed by atoms with Crippen LogP contribution in [0, 0.1) is 17.3 Å². The van der Waals surface area contributed by atoms with Gasteiger partial charge in [-0.1, -0.05) is 60.3 Å². The van der Waals surface area contributed by atoms with Crippen LogP contribution in [-0.4, -0.2) is 11.1 Å². The molecule has 0 bridgehead atoms. The van der Waals surface area contributed by atoms with Gasteiger partial charge >= 0.3 is 5.97 Å². The van der Waals surface area contributed by atoms with Gasteiger partial charge in [0.1, 0.15) is 0 Å². The van der Waals surface area contributed by atoms with Crippen molar-refractivity contribution in [2.75, 3.05) is 0 Å². The van der Waals surface area contributed by atoms with E-state index in [1.165, 1.54) is 25.7 Å². The molecule has 0 aromatic carbocycles. The number of hydrogen-bond donors (Lipinski definition) is 1. The van der Waals surface area contributed by atoms with Crippen molar-refractivity contribution in [1.29, 1.82) is 0 Å². The number of carboxylic acids is 1. The molecule has 0 aliphatic rings. The summed E-state index contributed by atoms with van der Waals surface area (Å²) in [7, 11) is 0. The molecule has 0 radical (unpaired) electrons. The monoisotopic (exact) mass is 256 g/mol. The molecule has 2 heteroatoms. The first-order valence-electron chi connectivity index (χ1n) is 7.51. The van der Waals surface area contributed by atoms with Crippen LogP contribution < -0.4 is 0 Å². The molecule has 0 saturated heterocycles. The van der Waals surface area contributed by atoms with Gasteiger partial charge in [0.25, 0.3) is 0 Å². The predicted octanol–water partition coefficient (Wildman–Crippen LogP) is 5.12. The fourth-order valence-electron chi connectivity index (χ4n) is 2.27. The summed E-state index contributed by atoms with van der Waals surface area (Å²) in [5.74, 6) is -0.0154. The maximum absolute atomic E-state index is 10.7. The molecule has 0 saturated carbocycles. The standard InChI is InChI=1S/C16H32O2/c1-6-13(2)9-7-11-16(4,5)12-8-10-14(3)15(17)18/h13-14H,6-12H2,1-5H3,(H,17,18). The molecular weight excluding hydrogens is 224 g/mol. The van der Waals surface area contributed by atoms with Gasteiger partial charge in [0.15, 0.2) is 0 Å². The van der Waals surface area contributed by atoms with E-state index in [0.717, 1.165) is 25.2 Å². The second kappa shape index (κ2) is 8.55. The molecule has 0 heterocycles. The minimum absolute atomic E-state index is 0.194. The lowest BCUT2D eigenvalue weighted by molar-refractivity contribution is -0.141. The van der Waals surface area contributed by atoms with E-state index in [0.29, 0.717) is 5.41 Å². The molecule has 0 amide bonds. The van der Waals surface area contributed by atoms with E-state index in [2.05, 4.69) is 27.7 Å². The number of carbonyl (C=O) groups is 1. The second-order valence-corrected chi connectivity index (χ2v) is 6.70. The first kappa shape index (κ1) is 17.5. The molecule has 18 heavy (non-hydrogen) atoms. The van der Waals surface area contributed by atoms with Crippen molar-refractivity contribution in [1.82, 2.24) is 0 Å². The van der Waals surface area contributed by atoms with E-state index in [1.54, 1.807) is 6.92 Å². The largest absolute Gasteiger partial charge is 0.481 e. The molecule has 0 rings (SSSR count). The Labute approximate surface area is 113 Å². The van der Waals surface area contributed by atoms with Crippen LogP contribution in [-0.2, 0) is 4.79 Å². The SMILES string of the molecule is CCC(C)CCCC(C)(C)CCCC(C)C(=O)O. The normalized spacial score (nSPS) is 15.4. The highest BCUT2D eigenvalue weighted by molar-refractivity contribution is 5.69. The molecule has 0 fully saturated rings. The van der Waals surface area contributed by atoms with Gasteiger partial charge in [0.2, 0.25) is 0 Å². The Balaban J connectivity index is 3.76. The Bertz CT molecular complexity index is 233. The molecule has 2 unspecified atom stereocenters. The second-order valence-electron chi connectivity index (χ2n) is 6.70. The zero-order valence-electron chi connectivity index (χ0n) is 13.0. The van der Waals surface area contributed by atoms with Gasteiger partial charge in [-0.3, -0.25) is 4.79 Å². The highest BCUT2D eigenvalue weighted by Crippen LogP contribution is 2.31. The van der Waals surface area contributed by atoms with E-state index in [-0.39, 0.29) is 5.92 Å². The summed E-state index contributed by atoms with van der Waals surface area (Å²) >= 11 is 0. The van der Waals surface area contributed by atoms with Gasteiger partial charge in [-0.15, -0.1) is 0 Å². The summed E-state index contributed by atoms with van der Waals surface area (Å²) in [6.45, 7) is 11.0. The minimum atomic E-state index is -0.662. The maximum atomic E-state index is 10.7. The average Bonchev–Trinajstić information content (AvgIpc) is 2.27. The fourth-order valence-corrected chi connectivity index (χ4v) is 2.27. The smallest absolute Gasteiger partial charge is 0.306 e. The Kier molecular flexibility index (Phi) is 8.30. The van der Waals surface area contributed by atoms with E-state index in [4.69, 9.17) is 5.11 Å². The predicted molar refractivity (Wildman–Crippen MR) is 77.7 cm³/mol. The van der Waals surface area contributed by atoms with Crippen LogP contribution in [0.4, 0.5) is 0 Å². The van der Waals surface area contributed by atoms with Gasteiger partial charge in [-0.2, -0.15) is 0 Å². The topological polar surface area (TPSA) is 37.3 Å². The van der Waals surface area contributed by atoms with Gasteiger partial charge in [0.05, 0.1) is 5.92 Å². The zero-order valence-corrected chi connectivity index (χ0v) is 13.0. The van der Waals surface area contributed by atoms with E-state index in [1.807, 2.05) is 0 Å². The maximum Gasteiger partial charge on any atom is 0.306 e. The molecule has 1 N–H and O–H groups in total. The molecular formula is C16H32O2. The minimum Gasteiger partial charge on any atom is -0.481 e. The Morgan fingerprint density at radius 1 is 1.11 bits per heavy atom. The van der Waals surface area contributed by atoms with Crippen LogP contribution in [0.5, 0.6) is 0 Å². The van der Waals surface area contributed by atoms with Gasteiger partial charge in [-0.25, -0.2) is 0 Å². The fraction of sp³-hybridized carbons (Fsp3) is 0.938. The third kappa shape index (κ3) is 8.54. The molecule has 2 atom stereocenters.